The fourth-order valence-corrected chi connectivity index (χ4v) is 4.80. The van der Waals surface area contributed by atoms with Crippen LogP contribution in [0.1, 0.15) is 36.8 Å². The van der Waals surface area contributed by atoms with Gasteiger partial charge in [-0.15, -0.1) is 0 Å². The summed E-state index contributed by atoms with van der Waals surface area (Å²) in [5.74, 6) is 1.13. The molecule has 0 saturated heterocycles. The highest BCUT2D eigenvalue weighted by molar-refractivity contribution is 8.00. The maximum Gasteiger partial charge on any atom is 0.244 e. The van der Waals surface area contributed by atoms with Gasteiger partial charge < -0.3 is 9.73 Å². The van der Waals surface area contributed by atoms with Crippen molar-refractivity contribution in [3.63, 3.8) is 0 Å². The van der Waals surface area contributed by atoms with Crippen LogP contribution in [0.4, 0.5) is 0 Å². The molecule has 21 heavy (non-hydrogen) atoms. The van der Waals surface area contributed by atoms with Crippen LogP contribution in [-0.2, 0) is 16.6 Å². The Hall–Kier alpha value is -0.500. The zero-order valence-electron chi connectivity index (χ0n) is 13.1. The molecule has 7 heteroatoms. The Balaban J connectivity index is 2.22. The number of furan rings is 1. The van der Waals surface area contributed by atoms with Gasteiger partial charge in [-0.25, -0.2) is 13.1 Å². The fraction of sp³-hybridized carbons (Fsp3) is 0.714. The minimum Gasteiger partial charge on any atom is -0.465 e. The molecule has 1 heterocycles. The highest BCUT2D eigenvalue weighted by Gasteiger charge is 2.43. The third kappa shape index (κ3) is 3.64. The molecule has 1 saturated carbocycles. The largest absolute Gasteiger partial charge is 0.465 e. The van der Waals surface area contributed by atoms with Crippen LogP contribution in [0.15, 0.2) is 9.31 Å². The van der Waals surface area contributed by atoms with E-state index in [0.717, 1.165) is 24.9 Å². The molecule has 1 aliphatic rings. The summed E-state index contributed by atoms with van der Waals surface area (Å²) in [6, 6.07) is 0. The summed E-state index contributed by atoms with van der Waals surface area (Å²) in [4.78, 5) is 0.304. The van der Waals surface area contributed by atoms with Crippen molar-refractivity contribution in [2.24, 2.45) is 0 Å². The Kier molecular flexibility index (Phi) is 5.07. The van der Waals surface area contributed by atoms with Crippen molar-refractivity contribution >= 4 is 21.8 Å². The van der Waals surface area contributed by atoms with Crippen LogP contribution >= 0.6 is 11.8 Å². The zero-order valence-corrected chi connectivity index (χ0v) is 14.7. The van der Waals surface area contributed by atoms with Crippen LogP contribution in [0, 0.1) is 13.8 Å². The Morgan fingerprint density at radius 1 is 1.29 bits per heavy atom. The van der Waals surface area contributed by atoms with Crippen LogP contribution in [0.3, 0.4) is 0 Å². The second-order valence-corrected chi connectivity index (χ2v) is 8.49. The van der Waals surface area contributed by atoms with Crippen LogP contribution in [0.25, 0.3) is 0 Å². The first-order valence-electron chi connectivity index (χ1n) is 7.19. The Labute approximate surface area is 131 Å². The molecule has 0 aromatic carbocycles. The number of hydrogen-bond acceptors (Lipinski definition) is 5. The Bertz CT molecular complexity index is 604. The van der Waals surface area contributed by atoms with Crippen LogP contribution in [0.5, 0.6) is 0 Å². The standard InChI is InChI=1S/C14H24N2O3S2/c1-5-15-8-12-10(2)19-11(3)13(12)21(17,18)16-9-14(20-4)6-7-14/h15-16H,5-9H2,1-4H3. The van der Waals surface area contributed by atoms with Gasteiger partial charge in [-0.3, -0.25) is 0 Å². The minimum absolute atomic E-state index is 0.0988. The third-order valence-electron chi connectivity index (χ3n) is 3.97. The molecule has 1 aromatic rings. The molecule has 1 fully saturated rings. The average Bonchev–Trinajstić information content (AvgIpc) is 3.15. The first-order valence-corrected chi connectivity index (χ1v) is 9.90. The molecule has 0 bridgehead atoms. The molecule has 0 radical (unpaired) electrons. The molecular formula is C14H24N2O3S2. The minimum atomic E-state index is -3.53. The molecule has 0 spiro atoms. The molecule has 5 nitrogen and oxygen atoms in total. The van der Waals surface area contributed by atoms with E-state index in [2.05, 4.69) is 10.0 Å². The first kappa shape index (κ1) is 16.9. The normalized spacial score (nSPS) is 17.1. The van der Waals surface area contributed by atoms with E-state index in [1.165, 1.54) is 0 Å². The lowest BCUT2D eigenvalue weighted by Crippen LogP contribution is -2.32. The molecule has 0 unspecified atom stereocenters. The quantitative estimate of drug-likeness (QED) is 0.763. The van der Waals surface area contributed by atoms with Crippen LogP contribution < -0.4 is 10.0 Å². The topological polar surface area (TPSA) is 71.3 Å². The zero-order chi connectivity index (χ0) is 15.7. The first-order chi connectivity index (χ1) is 9.85. The molecule has 0 amide bonds. The van der Waals surface area contributed by atoms with E-state index in [9.17, 15) is 8.42 Å². The summed E-state index contributed by atoms with van der Waals surface area (Å²) in [6.07, 6.45) is 4.18. The van der Waals surface area contributed by atoms with E-state index in [1.807, 2.05) is 20.1 Å². The van der Waals surface area contributed by atoms with E-state index >= 15 is 0 Å². The smallest absolute Gasteiger partial charge is 0.244 e. The van der Waals surface area contributed by atoms with Gasteiger partial charge in [-0.05, 0) is 39.5 Å². The lowest BCUT2D eigenvalue weighted by Gasteiger charge is -2.14. The van der Waals surface area contributed by atoms with E-state index in [4.69, 9.17) is 4.42 Å². The van der Waals surface area contributed by atoms with E-state index in [-0.39, 0.29) is 4.75 Å². The van der Waals surface area contributed by atoms with Crippen molar-refractivity contribution in [2.75, 3.05) is 19.3 Å². The second kappa shape index (κ2) is 6.32. The van der Waals surface area contributed by atoms with Crippen LogP contribution in [-0.4, -0.2) is 32.5 Å². The maximum absolute atomic E-state index is 12.6. The summed E-state index contributed by atoms with van der Waals surface area (Å²) in [6.45, 7) is 7.28. The predicted octanol–water partition coefficient (Wildman–Crippen LogP) is 2.18. The lowest BCUT2D eigenvalue weighted by molar-refractivity contribution is 0.493. The molecule has 0 aliphatic heterocycles. The summed E-state index contributed by atoms with van der Waals surface area (Å²) in [7, 11) is -3.53. The summed E-state index contributed by atoms with van der Waals surface area (Å²) in [5, 5.41) is 3.17. The van der Waals surface area contributed by atoms with Gasteiger partial charge >= 0.3 is 0 Å². The number of sulfonamides is 1. The van der Waals surface area contributed by atoms with Crippen molar-refractivity contribution in [2.45, 2.75) is 49.8 Å². The summed E-state index contributed by atoms with van der Waals surface area (Å²) >= 11 is 1.74. The van der Waals surface area contributed by atoms with Gasteiger partial charge in [0.25, 0.3) is 0 Å². The number of rotatable bonds is 8. The van der Waals surface area contributed by atoms with E-state index in [0.29, 0.717) is 29.5 Å². The number of nitrogens with one attached hydrogen (secondary N) is 2. The highest BCUT2D eigenvalue weighted by Crippen LogP contribution is 2.46. The Morgan fingerprint density at radius 2 is 1.95 bits per heavy atom. The van der Waals surface area contributed by atoms with Crippen molar-refractivity contribution < 1.29 is 12.8 Å². The monoisotopic (exact) mass is 332 g/mol. The average molecular weight is 332 g/mol. The van der Waals surface area contributed by atoms with Gasteiger partial charge in [0.2, 0.25) is 10.0 Å². The molecule has 2 N–H and O–H groups in total. The number of thioether (sulfide) groups is 1. The van der Waals surface area contributed by atoms with E-state index in [1.54, 1.807) is 18.7 Å². The van der Waals surface area contributed by atoms with Gasteiger partial charge in [0, 0.05) is 23.4 Å². The van der Waals surface area contributed by atoms with Gasteiger partial charge in [0.1, 0.15) is 16.4 Å². The molecule has 0 atom stereocenters. The predicted molar refractivity (Wildman–Crippen MR) is 86.2 cm³/mol. The van der Waals surface area contributed by atoms with Crippen molar-refractivity contribution in [3.05, 3.63) is 17.1 Å². The Morgan fingerprint density at radius 3 is 2.48 bits per heavy atom. The van der Waals surface area contributed by atoms with Crippen LogP contribution in [0.2, 0.25) is 0 Å². The second-order valence-electron chi connectivity index (χ2n) is 5.51. The third-order valence-corrected chi connectivity index (χ3v) is 6.98. The summed E-state index contributed by atoms with van der Waals surface area (Å²) in [5.41, 5.74) is 0.732. The highest BCUT2D eigenvalue weighted by atomic mass is 32.2. The number of aryl methyl sites for hydroxylation is 2. The molecule has 120 valence electrons. The van der Waals surface area contributed by atoms with Gasteiger partial charge in [-0.2, -0.15) is 11.8 Å². The summed E-state index contributed by atoms with van der Waals surface area (Å²) < 4.78 is 33.7. The molecule has 1 aromatic heterocycles. The fourth-order valence-electron chi connectivity index (χ4n) is 2.41. The molecular weight excluding hydrogens is 308 g/mol. The molecule has 1 aliphatic carbocycles. The van der Waals surface area contributed by atoms with Gasteiger partial charge in [0.15, 0.2) is 0 Å². The van der Waals surface area contributed by atoms with Gasteiger partial charge in [0.05, 0.1) is 0 Å². The number of hydrogen-bond donors (Lipinski definition) is 2. The van der Waals surface area contributed by atoms with Crippen molar-refractivity contribution in [1.82, 2.24) is 10.0 Å². The maximum atomic E-state index is 12.6. The van der Waals surface area contributed by atoms with Gasteiger partial charge in [-0.1, -0.05) is 6.92 Å². The molecule has 2 rings (SSSR count). The lowest BCUT2D eigenvalue weighted by atomic mass is 10.2. The van der Waals surface area contributed by atoms with Crippen molar-refractivity contribution in [3.8, 4) is 0 Å². The van der Waals surface area contributed by atoms with Crippen molar-refractivity contribution in [1.29, 1.82) is 0 Å². The van der Waals surface area contributed by atoms with E-state index < -0.39 is 10.0 Å². The SMILES string of the molecule is CCNCc1c(C)oc(C)c1S(=O)(=O)NCC1(SC)CC1.